The molecule has 0 aliphatic carbocycles. The van der Waals surface area contributed by atoms with Crippen molar-refractivity contribution in [3.63, 3.8) is 0 Å². The van der Waals surface area contributed by atoms with Crippen LogP contribution in [-0.4, -0.2) is 62.6 Å². The first-order valence-electron chi connectivity index (χ1n) is 4.59. The summed E-state index contributed by atoms with van der Waals surface area (Å²) in [7, 11) is 0. The second-order valence-electron chi connectivity index (χ2n) is 2.97. The van der Waals surface area contributed by atoms with Gasteiger partial charge in [0, 0.05) is 0 Å². The number of ether oxygens (including phenoxy) is 2. The van der Waals surface area contributed by atoms with E-state index >= 15 is 0 Å². The first-order valence-corrected chi connectivity index (χ1v) is 5.45. The minimum Gasteiger partial charge on any atom is -1.00 e. The predicted molar refractivity (Wildman–Crippen MR) is 64.3 cm³/mol. The molecular formula is C8H17KO6S2. The first-order chi connectivity index (χ1) is 7.40. The van der Waals surface area contributed by atoms with Gasteiger partial charge in [-0.3, -0.25) is 0 Å². The second kappa shape index (κ2) is 11.5. The van der Waals surface area contributed by atoms with Crippen molar-refractivity contribution in [2.24, 2.45) is 0 Å². The van der Waals surface area contributed by atoms with Crippen molar-refractivity contribution in [3.05, 3.63) is 0 Å². The van der Waals surface area contributed by atoms with Crippen LogP contribution >= 0.6 is 24.8 Å². The molecule has 1 fully saturated rings. The Morgan fingerprint density at radius 3 is 2.24 bits per heavy atom. The quantitative estimate of drug-likeness (QED) is 0.190. The normalized spacial score (nSPS) is 31.6. The van der Waals surface area contributed by atoms with Gasteiger partial charge in [-0.15, -0.1) is 0 Å². The van der Waals surface area contributed by atoms with Gasteiger partial charge in [0.1, 0.15) is 18.3 Å². The van der Waals surface area contributed by atoms with Crippen molar-refractivity contribution >= 4 is 29.2 Å². The molecule has 17 heavy (non-hydrogen) atoms. The minimum absolute atomic E-state index is 0. The fourth-order valence-electron chi connectivity index (χ4n) is 0.914. The molecule has 98 valence electrons. The van der Waals surface area contributed by atoms with Crippen LogP contribution in [0.3, 0.4) is 0 Å². The van der Waals surface area contributed by atoms with Crippen LogP contribution in [0.2, 0.25) is 0 Å². The number of aliphatic hydroxyl groups excluding tert-OH is 4. The average Bonchev–Trinajstić information content (AvgIpc) is 2.22. The third-order valence-electron chi connectivity index (χ3n) is 1.74. The molecule has 4 N–H and O–H groups in total. The molecule has 0 amide bonds. The number of hydrogen-bond donors (Lipinski definition) is 5. The van der Waals surface area contributed by atoms with Crippen molar-refractivity contribution in [3.8, 4) is 0 Å². The van der Waals surface area contributed by atoms with Crippen LogP contribution in [-0.2, 0) is 9.47 Å². The largest absolute Gasteiger partial charge is 1.00 e. The molecule has 0 radical (unpaired) electrons. The molecule has 0 bridgehead atoms. The second-order valence-corrected chi connectivity index (χ2v) is 4.05. The molecule has 0 saturated carbocycles. The molecule has 0 spiro atoms. The van der Waals surface area contributed by atoms with E-state index in [0.29, 0.717) is 11.0 Å². The van der Waals surface area contributed by atoms with E-state index in [1.165, 1.54) is 0 Å². The summed E-state index contributed by atoms with van der Waals surface area (Å²) in [4.78, 5) is 0. The van der Waals surface area contributed by atoms with Gasteiger partial charge in [0.2, 0.25) is 4.38 Å². The predicted octanol–water partition coefficient (Wildman–Crippen LogP) is -4.23. The van der Waals surface area contributed by atoms with Gasteiger partial charge in [0.25, 0.3) is 0 Å². The molecular weight excluding hydrogens is 295 g/mol. The summed E-state index contributed by atoms with van der Waals surface area (Å²) in [6, 6.07) is 0. The number of thiocarbonyl (C=S) groups is 1. The van der Waals surface area contributed by atoms with Crippen molar-refractivity contribution in [2.45, 2.75) is 31.5 Å². The van der Waals surface area contributed by atoms with Gasteiger partial charge in [-0.1, -0.05) is 12.6 Å². The molecule has 1 rings (SSSR count). The Hall–Kier alpha value is 1.68. The zero-order valence-electron chi connectivity index (χ0n) is 10.7. The van der Waals surface area contributed by atoms with Gasteiger partial charge < -0.3 is 31.3 Å². The van der Waals surface area contributed by atoms with Gasteiger partial charge >= 0.3 is 51.4 Å². The Morgan fingerprint density at radius 2 is 1.94 bits per heavy atom. The topological polar surface area (TPSA) is 99.4 Å². The fourth-order valence-corrected chi connectivity index (χ4v) is 1.16. The monoisotopic (exact) mass is 312 g/mol. The Kier molecular flexibility index (Phi) is 14.2. The molecule has 1 aliphatic heterocycles. The standard InChI is InChI=1S/C5H10O5.C3H6OS2.K.H/c6-2-1-10-5(9)4(8)3(2)7;1-2-4-3(5)6;;/h2-9H,1H2;2H2,1H3,(H,5,6);;/q;;+1;-1/t2-,3+,4-,5?;;;/m1.../s1. The zero-order valence-corrected chi connectivity index (χ0v) is 14.5. The Balaban J connectivity index is -0.000000250. The smallest absolute Gasteiger partial charge is 1.00 e. The molecule has 1 unspecified atom stereocenters. The van der Waals surface area contributed by atoms with Crippen molar-refractivity contribution in [1.29, 1.82) is 0 Å². The average molecular weight is 312 g/mol. The number of hydrogen-bond acceptors (Lipinski definition) is 7. The van der Waals surface area contributed by atoms with Crippen molar-refractivity contribution < 1.29 is 82.7 Å². The maximum absolute atomic E-state index is 8.88. The van der Waals surface area contributed by atoms with E-state index in [4.69, 9.17) is 20.4 Å². The van der Waals surface area contributed by atoms with Crippen LogP contribution in [0.25, 0.3) is 0 Å². The maximum Gasteiger partial charge on any atom is 1.00 e. The van der Waals surface area contributed by atoms with E-state index in [-0.39, 0.29) is 59.4 Å². The van der Waals surface area contributed by atoms with Crippen LogP contribution in [0.15, 0.2) is 0 Å². The summed E-state index contributed by atoms with van der Waals surface area (Å²) in [5.41, 5.74) is 0. The molecule has 1 heterocycles. The third kappa shape index (κ3) is 9.25. The maximum atomic E-state index is 8.88. The van der Waals surface area contributed by atoms with Gasteiger partial charge in [-0.05, 0) is 19.1 Å². The summed E-state index contributed by atoms with van der Waals surface area (Å²) in [5, 5.41) is 35.3. The molecule has 0 aromatic rings. The summed E-state index contributed by atoms with van der Waals surface area (Å²) >= 11 is 8.12. The van der Waals surface area contributed by atoms with Crippen LogP contribution in [0.1, 0.15) is 8.35 Å². The zero-order chi connectivity index (χ0) is 12.7. The minimum atomic E-state index is -1.41. The van der Waals surface area contributed by atoms with Gasteiger partial charge in [-0.25, -0.2) is 0 Å². The van der Waals surface area contributed by atoms with Crippen LogP contribution < -0.4 is 51.4 Å². The van der Waals surface area contributed by atoms with Crippen LogP contribution in [0.5, 0.6) is 0 Å². The SMILES string of the molecule is CCOC(=S)S.OC1OC[C@@H](O)[C@H](O)[C@H]1O.[H-].[K+]. The molecule has 4 atom stereocenters. The summed E-state index contributed by atoms with van der Waals surface area (Å²) < 4.78 is 9.42. The molecule has 1 saturated heterocycles. The molecule has 9 heteroatoms. The van der Waals surface area contributed by atoms with Gasteiger partial charge in [-0.2, -0.15) is 0 Å². The van der Waals surface area contributed by atoms with Crippen LogP contribution in [0.4, 0.5) is 0 Å². The van der Waals surface area contributed by atoms with Crippen LogP contribution in [0, 0.1) is 0 Å². The van der Waals surface area contributed by atoms with E-state index in [9.17, 15) is 0 Å². The molecule has 1 aliphatic rings. The van der Waals surface area contributed by atoms with E-state index in [0.717, 1.165) is 0 Å². The van der Waals surface area contributed by atoms with Gasteiger partial charge in [0.15, 0.2) is 6.29 Å². The molecule has 0 aromatic heterocycles. The van der Waals surface area contributed by atoms with Crippen molar-refractivity contribution in [2.75, 3.05) is 13.2 Å². The van der Waals surface area contributed by atoms with E-state index in [1.807, 2.05) is 6.92 Å². The van der Waals surface area contributed by atoms with E-state index < -0.39 is 24.6 Å². The first kappa shape index (κ1) is 21.0. The third-order valence-corrected chi connectivity index (χ3v) is 1.99. The van der Waals surface area contributed by atoms with Gasteiger partial charge in [0.05, 0.1) is 13.2 Å². The Morgan fingerprint density at radius 1 is 1.41 bits per heavy atom. The summed E-state index contributed by atoms with van der Waals surface area (Å²) in [6.45, 7) is 2.32. The Bertz CT molecular complexity index is 212. The summed E-state index contributed by atoms with van der Waals surface area (Å²) in [6.07, 6.45) is -5.23. The van der Waals surface area contributed by atoms with E-state index in [2.05, 4.69) is 34.3 Å². The molecule has 6 nitrogen and oxygen atoms in total. The fraction of sp³-hybridized carbons (Fsp3) is 0.875. The molecule has 0 aromatic carbocycles. The number of rotatable bonds is 1. The summed E-state index contributed by atoms with van der Waals surface area (Å²) in [5.74, 6) is 0. The van der Waals surface area contributed by atoms with Crippen molar-refractivity contribution in [1.82, 2.24) is 0 Å². The number of aliphatic hydroxyl groups is 4. The Labute approximate surface area is 155 Å². The van der Waals surface area contributed by atoms with E-state index in [1.54, 1.807) is 0 Å². The number of thiol groups is 1.